The molecule has 0 saturated heterocycles. The van der Waals surface area contributed by atoms with Crippen molar-refractivity contribution in [2.75, 3.05) is 0 Å². The van der Waals surface area contributed by atoms with Crippen LogP contribution in [0.3, 0.4) is 0 Å². The van der Waals surface area contributed by atoms with E-state index < -0.39 is 5.69 Å². The molecule has 0 bridgehead atoms. The third-order valence-corrected chi connectivity index (χ3v) is 2.16. The van der Waals surface area contributed by atoms with Crippen molar-refractivity contribution in [1.29, 1.82) is 0 Å². The van der Waals surface area contributed by atoms with Gasteiger partial charge in [0, 0.05) is 0 Å². The molecule has 10 heavy (non-hydrogen) atoms. The van der Waals surface area contributed by atoms with Crippen LogP contribution in [0, 0.1) is 0 Å². The van der Waals surface area contributed by atoms with Gasteiger partial charge in [0.1, 0.15) is 5.75 Å². The maximum Gasteiger partial charge on any atom is 0.291 e. The largest absolute Gasteiger partial charge is 0.450 e. The van der Waals surface area contributed by atoms with E-state index in [1.54, 1.807) is 6.07 Å². The monoisotopic (exact) mass is 156 g/mol. The fraction of sp³-hybridized carbons (Fsp3) is 0.143. The first-order valence-corrected chi connectivity index (χ1v) is 3.80. The molecule has 3 heteroatoms. The molecular formula is C7H5FOS. The van der Waals surface area contributed by atoms with Gasteiger partial charge < -0.3 is 4.74 Å². The van der Waals surface area contributed by atoms with Crippen LogP contribution in [0.4, 0.5) is 4.39 Å². The van der Waals surface area contributed by atoms with Crippen molar-refractivity contribution < 1.29 is 9.13 Å². The number of hydrogen-bond acceptors (Lipinski definition) is 2. The molecule has 1 aromatic rings. The Balaban J connectivity index is 2.42. The smallest absolute Gasteiger partial charge is 0.291 e. The lowest BCUT2D eigenvalue weighted by molar-refractivity contribution is 0.161. The molecule has 0 N–H and O–H groups in total. The van der Waals surface area contributed by atoms with E-state index in [-0.39, 0.29) is 0 Å². The molecule has 1 heterocycles. The number of rotatable bonds is 0. The van der Waals surface area contributed by atoms with Gasteiger partial charge in [0.25, 0.3) is 5.69 Å². The molecule has 52 valence electrons. The van der Waals surface area contributed by atoms with Crippen LogP contribution < -0.4 is 4.74 Å². The van der Waals surface area contributed by atoms with Gasteiger partial charge in [0.05, 0.1) is 4.90 Å². The summed E-state index contributed by atoms with van der Waals surface area (Å²) in [4.78, 5) is 0.884. The molecule has 0 aliphatic carbocycles. The van der Waals surface area contributed by atoms with E-state index in [0.29, 0.717) is 5.75 Å². The molecule has 1 aliphatic rings. The summed E-state index contributed by atoms with van der Waals surface area (Å²) in [6.07, 6.45) is 0. The lowest BCUT2D eigenvalue weighted by Gasteiger charge is -1.95. The van der Waals surface area contributed by atoms with Crippen LogP contribution in [0.5, 0.6) is 5.75 Å². The number of benzene rings is 1. The molecule has 0 saturated carbocycles. The van der Waals surface area contributed by atoms with E-state index >= 15 is 0 Å². The molecular weight excluding hydrogens is 151 g/mol. The Morgan fingerprint density at radius 2 is 2.20 bits per heavy atom. The van der Waals surface area contributed by atoms with Crippen LogP contribution in [0.1, 0.15) is 0 Å². The lowest BCUT2D eigenvalue weighted by atomic mass is 10.3. The number of hydrogen-bond donors (Lipinski definition) is 0. The van der Waals surface area contributed by atoms with Crippen LogP contribution >= 0.6 is 11.8 Å². The number of para-hydroxylation sites is 1. The van der Waals surface area contributed by atoms with Gasteiger partial charge in [-0.1, -0.05) is 12.1 Å². The summed E-state index contributed by atoms with van der Waals surface area (Å²) in [5, 5.41) is 0. The van der Waals surface area contributed by atoms with Gasteiger partial charge in [0.15, 0.2) is 0 Å². The molecule has 1 aromatic carbocycles. The van der Waals surface area contributed by atoms with E-state index in [4.69, 9.17) is 4.74 Å². The minimum Gasteiger partial charge on any atom is -0.450 e. The van der Waals surface area contributed by atoms with Gasteiger partial charge in [-0.05, 0) is 23.9 Å². The fourth-order valence-electron chi connectivity index (χ4n) is 0.869. The van der Waals surface area contributed by atoms with Crippen LogP contribution in [-0.4, -0.2) is 5.69 Å². The predicted molar refractivity (Wildman–Crippen MR) is 37.8 cm³/mol. The zero-order valence-corrected chi connectivity index (χ0v) is 5.90. The molecule has 2 rings (SSSR count). The fourth-order valence-corrected chi connectivity index (χ4v) is 1.61. The van der Waals surface area contributed by atoms with E-state index in [0.717, 1.165) is 16.7 Å². The topological polar surface area (TPSA) is 9.23 Å². The minimum absolute atomic E-state index is 0.653. The van der Waals surface area contributed by atoms with Crippen LogP contribution in [0.25, 0.3) is 0 Å². The first kappa shape index (κ1) is 6.04. The summed E-state index contributed by atoms with van der Waals surface area (Å²) in [5.41, 5.74) is -1.21. The Labute approximate surface area is 62.2 Å². The van der Waals surface area contributed by atoms with E-state index in [1.165, 1.54) is 0 Å². The number of alkyl halides is 1. The number of fused-ring (bicyclic) bond motifs is 1. The van der Waals surface area contributed by atoms with Crippen LogP contribution in [0.15, 0.2) is 29.2 Å². The minimum atomic E-state index is -1.21. The SMILES string of the molecule is F[C@H]1Oc2ccccc2S1. The average molecular weight is 156 g/mol. The predicted octanol–water partition coefficient (Wildman–Crippen LogP) is 2.42. The molecule has 1 aliphatic heterocycles. The van der Waals surface area contributed by atoms with Crippen molar-refractivity contribution in [1.82, 2.24) is 0 Å². The van der Waals surface area contributed by atoms with E-state index in [2.05, 4.69) is 0 Å². The Hall–Kier alpha value is -0.700. The van der Waals surface area contributed by atoms with Crippen molar-refractivity contribution in [2.45, 2.75) is 10.6 Å². The van der Waals surface area contributed by atoms with Crippen molar-refractivity contribution in [3.63, 3.8) is 0 Å². The van der Waals surface area contributed by atoms with Crippen molar-refractivity contribution in [3.05, 3.63) is 24.3 Å². The first-order valence-electron chi connectivity index (χ1n) is 2.93. The summed E-state index contributed by atoms with van der Waals surface area (Å²) in [5.74, 6) is 0.653. The molecule has 0 amide bonds. The van der Waals surface area contributed by atoms with E-state index in [9.17, 15) is 4.39 Å². The Bertz CT molecular complexity index is 226. The first-order chi connectivity index (χ1) is 4.86. The van der Waals surface area contributed by atoms with Gasteiger partial charge in [-0.3, -0.25) is 0 Å². The van der Waals surface area contributed by atoms with Gasteiger partial charge in [-0.25, -0.2) is 0 Å². The standard InChI is InChI=1S/C7H5FOS/c8-7-9-5-3-1-2-4-6(5)10-7/h1-4,7H/t7-/m0/s1. The Morgan fingerprint density at radius 3 is 3.00 bits per heavy atom. The summed E-state index contributed by atoms with van der Waals surface area (Å²) < 4.78 is 17.3. The van der Waals surface area contributed by atoms with Gasteiger partial charge in [-0.15, -0.1) is 0 Å². The second kappa shape index (κ2) is 2.16. The highest BCUT2D eigenvalue weighted by molar-refractivity contribution is 8.00. The highest BCUT2D eigenvalue weighted by Gasteiger charge is 2.21. The second-order valence-electron chi connectivity index (χ2n) is 1.96. The Morgan fingerprint density at radius 1 is 1.40 bits per heavy atom. The number of thioether (sulfide) groups is 1. The van der Waals surface area contributed by atoms with Gasteiger partial charge >= 0.3 is 0 Å². The van der Waals surface area contributed by atoms with Crippen molar-refractivity contribution >= 4 is 11.8 Å². The summed E-state index contributed by atoms with van der Waals surface area (Å²) in [7, 11) is 0. The molecule has 0 radical (unpaired) electrons. The van der Waals surface area contributed by atoms with Crippen LogP contribution in [0.2, 0.25) is 0 Å². The molecule has 0 fully saturated rings. The highest BCUT2D eigenvalue weighted by atomic mass is 32.2. The Kier molecular flexibility index (Phi) is 1.31. The third kappa shape index (κ3) is 0.865. The highest BCUT2D eigenvalue weighted by Crippen LogP contribution is 2.40. The number of ether oxygens (including phenoxy) is 1. The third-order valence-electron chi connectivity index (χ3n) is 1.29. The summed E-state index contributed by atoms with van der Waals surface area (Å²) in [6.45, 7) is 0. The quantitative estimate of drug-likeness (QED) is 0.570. The second-order valence-corrected chi connectivity index (χ2v) is 3.00. The van der Waals surface area contributed by atoms with Crippen molar-refractivity contribution in [2.24, 2.45) is 0 Å². The summed E-state index contributed by atoms with van der Waals surface area (Å²) in [6, 6.07) is 7.31. The van der Waals surface area contributed by atoms with E-state index in [1.807, 2.05) is 18.2 Å². The van der Waals surface area contributed by atoms with Gasteiger partial charge in [-0.2, -0.15) is 4.39 Å². The molecule has 1 atom stereocenters. The van der Waals surface area contributed by atoms with Crippen LogP contribution in [-0.2, 0) is 0 Å². The average Bonchev–Trinajstić information content (AvgIpc) is 2.27. The lowest BCUT2D eigenvalue weighted by Crippen LogP contribution is -1.95. The summed E-state index contributed by atoms with van der Waals surface area (Å²) >= 11 is 1.10. The zero-order chi connectivity index (χ0) is 6.97. The maximum absolute atomic E-state index is 12.5. The molecule has 1 nitrogen and oxygen atoms in total. The zero-order valence-electron chi connectivity index (χ0n) is 5.08. The molecule has 0 spiro atoms. The maximum atomic E-state index is 12.5. The van der Waals surface area contributed by atoms with Gasteiger partial charge in [0.2, 0.25) is 0 Å². The number of halogens is 1. The van der Waals surface area contributed by atoms with Crippen molar-refractivity contribution in [3.8, 4) is 5.75 Å². The molecule has 0 aromatic heterocycles. The normalized spacial score (nSPS) is 21.9. The molecule has 0 unspecified atom stereocenters.